The average Bonchev–Trinajstić information content (AvgIpc) is 2.42. The molecule has 96 valence electrons. The van der Waals surface area contributed by atoms with Crippen LogP contribution in [0.5, 0.6) is 5.75 Å². The molecule has 0 bridgehead atoms. The molecule has 0 N–H and O–H groups in total. The molecule has 0 amide bonds. The number of aryl methyl sites for hydroxylation is 2. The lowest BCUT2D eigenvalue weighted by molar-refractivity contribution is 0.0850. The van der Waals surface area contributed by atoms with Crippen LogP contribution >= 0.6 is 0 Å². The first-order valence-electron chi connectivity index (χ1n) is 6.51. The molecule has 0 saturated carbocycles. The van der Waals surface area contributed by atoms with Gasteiger partial charge in [-0.1, -0.05) is 30.3 Å². The molecule has 1 atom stereocenters. The molecule has 1 aliphatic rings. The Labute approximate surface area is 113 Å². The van der Waals surface area contributed by atoms with Gasteiger partial charge < -0.3 is 4.74 Å². The highest BCUT2D eigenvalue weighted by molar-refractivity contribution is 5.99. The summed E-state index contributed by atoms with van der Waals surface area (Å²) in [6, 6.07) is 13.7. The van der Waals surface area contributed by atoms with Gasteiger partial charge in [-0.2, -0.15) is 0 Å². The minimum atomic E-state index is -0.165. The number of ketones is 1. The second kappa shape index (κ2) is 4.54. The Hall–Kier alpha value is -2.09. The van der Waals surface area contributed by atoms with Crippen LogP contribution in [0.25, 0.3) is 0 Å². The van der Waals surface area contributed by atoms with E-state index in [2.05, 4.69) is 26.0 Å². The molecule has 1 heterocycles. The molecule has 2 aromatic carbocycles. The van der Waals surface area contributed by atoms with E-state index >= 15 is 0 Å². The van der Waals surface area contributed by atoms with E-state index in [9.17, 15) is 4.79 Å². The molecule has 19 heavy (non-hydrogen) atoms. The SMILES string of the molecule is Cc1ccc(C2CC(=O)c3ccccc3O2)cc1C. The van der Waals surface area contributed by atoms with Crippen LogP contribution < -0.4 is 4.74 Å². The van der Waals surface area contributed by atoms with Gasteiger partial charge in [0.15, 0.2) is 5.78 Å². The summed E-state index contributed by atoms with van der Waals surface area (Å²) in [5.41, 5.74) is 4.26. The molecule has 2 heteroatoms. The van der Waals surface area contributed by atoms with Crippen molar-refractivity contribution in [2.24, 2.45) is 0 Å². The van der Waals surface area contributed by atoms with E-state index in [1.807, 2.05) is 30.3 Å². The van der Waals surface area contributed by atoms with Crippen LogP contribution in [0.3, 0.4) is 0 Å². The lowest BCUT2D eigenvalue weighted by Gasteiger charge is -2.25. The Balaban J connectivity index is 1.96. The van der Waals surface area contributed by atoms with Gasteiger partial charge in [0, 0.05) is 0 Å². The number of ether oxygens (including phenoxy) is 1. The highest BCUT2D eigenvalue weighted by atomic mass is 16.5. The lowest BCUT2D eigenvalue weighted by Crippen LogP contribution is -2.20. The first-order valence-corrected chi connectivity index (χ1v) is 6.51. The molecular formula is C17H16O2. The number of rotatable bonds is 1. The number of Topliss-reactive ketones (excluding diaryl/α,β-unsaturated/α-hetero) is 1. The Morgan fingerprint density at radius 3 is 2.63 bits per heavy atom. The van der Waals surface area contributed by atoms with Gasteiger partial charge in [-0.25, -0.2) is 0 Å². The summed E-state index contributed by atoms with van der Waals surface area (Å²) in [5.74, 6) is 0.854. The number of para-hydroxylation sites is 1. The number of fused-ring (bicyclic) bond motifs is 1. The predicted octanol–water partition coefficient (Wildman–Crippen LogP) is 4.01. The molecule has 0 aromatic heterocycles. The summed E-state index contributed by atoms with van der Waals surface area (Å²) in [4.78, 5) is 12.1. The van der Waals surface area contributed by atoms with Gasteiger partial charge in [0.25, 0.3) is 0 Å². The van der Waals surface area contributed by atoms with Crippen LogP contribution in [0.15, 0.2) is 42.5 Å². The monoisotopic (exact) mass is 252 g/mol. The van der Waals surface area contributed by atoms with Gasteiger partial charge in [0.1, 0.15) is 11.9 Å². The molecule has 0 fully saturated rings. The maximum absolute atomic E-state index is 12.1. The van der Waals surface area contributed by atoms with Gasteiger partial charge in [0.2, 0.25) is 0 Å². The van der Waals surface area contributed by atoms with E-state index in [4.69, 9.17) is 4.74 Å². The van der Waals surface area contributed by atoms with Crippen molar-refractivity contribution >= 4 is 5.78 Å². The van der Waals surface area contributed by atoms with Gasteiger partial charge in [-0.05, 0) is 42.7 Å². The Kier molecular flexibility index (Phi) is 2.86. The highest BCUT2D eigenvalue weighted by Gasteiger charge is 2.27. The normalized spacial score (nSPS) is 17.8. The smallest absolute Gasteiger partial charge is 0.170 e. The van der Waals surface area contributed by atoms with Crippen molar-refractivity contribution in [2.45, 2.75) is 26.4 Å². The maximum Gasteiger partial charge on any atom is 0.170 e. The number of hydrogen-bond donors (Lipinski definition) is 0. The summed E-state index contributed by atoms with van der Waals surface area (Å²) in [6.45, 7) is 4.17. The van der Waals surface area contributed by atoms with E-state index in [1.54, 1.807) is 0 Å². The zero-order chi connectivity index (χ0) is 13.4. The Morgan fingerprint density at radius 1 is 1.05 bits per heavy atom. The molecule has 2 nitrogen and oxygen atoms in total. The van der Waals surface area contributed by atoms with Crippen molar-refractivity contribution in [3.05, 3.63) is 64.7 Å². The molecular weight excluding hydrogens is 236 g/mol. The van der Waals surface area contributed by atoms with Crippen molar-refractivity contribution in [3.8, 4) is 5.75 Å². The first-order chi connectivity index (χ1) is 9.15. The Bertz CT molecular complexity index is 643. The van der Waals surface area contributed by atoms with Gasteiger partial charge in [-0.3, -0.25) is 4.79 Å². The minimum absolute atomic E-state index is 0.157. The molecule has 0 radical (unpaired) electrons. The van der Waals surface area contributed by atoms with E-state index in [0.717, 1.165) is 5.56 Å². The minimum Gasteiger partial charge on any atom is -0.484 e. The number of hydrogen-bond acceptors (Lipinski definition) is 2. The maximum atomic E-state index is 12.1. The van der Waals surface area contributed by atoms with E-state index in [0.29, 0.717) is 17.7 Å². The van der Waals surface area contributed by atoms with Crippen LogP contribution in [0, 0.1) is 13.8 Å². The van der Waals surface area contributed by atoms with Crippen LogP contribution in [-0.4, -0.2) is 5.78 Å². The summed E-state index contributed by atoms with van der Waals surface area (Å²) < 4.78 is 5.96. The van der Waals surface area contributed by atoms with E-state index < -0.39 is 0 Å². The highest BCUT2D eigenvalue weighted by Crippen LogP contribution is 2.34. The standard InChI is InChI=1S/C17H16O2/c1-11-7-8-13(9-12(11)2)17-10-15(18)14-5-3-4-6-16(14)19-17/h3-9,17H,10H2,1-2H3. The largest absolute Gasteiger partial charge is 0.484 e. The van der Waals surface area contributed by atoms with E-state index in [1.165, 1.54) is 11.1 Å². The molecule has 2 aromatic rings. The zero-order valence-corrected chi connectivity index (χ0v) is 11.1. The molecule has 0 saturated heterocycles. The summed E-state index contributed by atoms with van der Waals surface area (Å²) in [7, 11) is 0. The fourth-order valence-electron chi connectivity index (χ4n) is 2.42. The third kappa shape index (κ3) is 2.14. The van der Waals surface area contributed by atoms with Crippen molar-refractivity contribution in [1.82, 2.24) is 0 Å². The summed E-state index contributed by atoms with van der Waals surface area (Å²) in [6.07, 6.45) is 0.251. The Morgan fingerprint density at radius 2 is 1.84 bits per heavy atom. The van der Waals surface area contributed by atoms with Gasteiger partial charge in [-0.15, -0.1) is 0 Å². The number of carbonyl (C=O) groups excluding carboxylic acids is 1. The van der Waals surface area contributed by atoms with Gasteiger partial charge >= 0.3 is 0 Å². The van der Waals surface area contributed by atoms with E-state index in [-0.39, 0.29) is 11.9 Å². The first kappa shape index (κ1) is 12.0. The van der Waals surface area contributed by atoms with Crippen LogP contribution in [-0.2, 0) is 0 Å². The molecule has 3 rings (SSSR count). The molecule has 0 spiro atoms. The second-order valence-corrected chi connectivity index (χ2v) is 5.07. The summed E-state index contributed by atoms with van der Waals surface area (Å²) in [5, 5.41) is 0. The van der Waals surface area contributed by atoms with Crippen molar-refractivity contribution < 1.29 is 9.53 Å². The topological polar surface area (TPSA) is 26.3 Å². The van der Waals surface area contributed by atoms with Crippen LogP contribution in [0.4, 0.5) is 0 Å². The number of carbonyl (C=O) groups is 1. The van der Waals surface area contributed by atoms with Crippen molar-refractivity contribution in [2.75, 3.05) is 0 Å². The molecule has 0 aliphatic carbocycles. The lowest BCUT2D eigenvalue weighted by atomic mass is 9.94. The quantitative estimate of drug-likeness (QED) is 0.766. The zero-order valence-electron chi connectivity index (χ0n) is 11.1. The van der Waals surface area contributed by atoms with Crippen molar-refractivity contribution in [3.63, 3.8) is 0 Å². The predicted molar refractivity (Wildman–Crippen MR) is 74.7 cm³/mol. The molecule has 1 unspecified atom stereocenters. The third-order valence-electron chi connectivity index (χ3n) is 3.73. The van der Waals surface area contributed by atoms with Crippen LogP contribution in [0.2, 0.25) is 0 Å². The van der Waals surface area contributed by atoms with Crippen LogP contribution in [0.1, 0.15) is 39.6 Å². The fourth-order valence-corrected chi connectivity index (χ4v) is 2.42. The molecule has 1 aliphatic heterocycles. The second-order valence-electron chi connectivity index (χ2n) is 5.07. The third-order valence-corrected chi connectivity index (χ3v) is 3.73. The summed E-state index contributed by atoms with van der Waals surface area (Å²) >= 11 is 0. The average molecular weight is 252 g/mol. The van der Waals surface area contributed by atoms with Crippen molar-refractivity contribution in [1.29, 1.82) is 0 Å². The fraction of sp³-hybridized carbons (Fsp3) is 0.235. The van der Waals surface area contributed by atoms with Gasteiger partial charge in [0.05, 0.1) is 12.0 Å². The number of benzene rings is 2.